The monoisotopic (exact) mass is 471 g/mol. The van der Waals surface area contributed by atoms with Gasteiger partial charge in [-0.1, -0.05) is 31.4 Å². The van der Waals surface area contributed by atoms with Crippen molar-refractivity contribution in [3.63, 3.8) is 0 Å². The fourth-order valence-electron chi connectivity index (χ4n) is 4.03. The molecule has 0 saturated heterocycles. The van der Waals surface area contributed by atoms with Crippen LogP contribution in [0.2, 0.25) is 0 Å². The molecule has 33 heavy (non-hydrogen) atoms. The molecule has 0 unspecified atom stereocenters. The quantitative estimate of drug-likeness (QED) is 0.545. The van der Waals surface area contributed by atoms with Crippen LogP contribution >= 0.6 is 0 Å². The van der Waals surface area contributed by atoms with Gasteiger partial charge in [0.15, 0.2) is 5.78 Å². The molecule has 2 aromatic rings. The maximum atomic E-state index is 12.9. The van der Waals surface area contributed by atoms with E-state index in [9.17, 15) is 18.0 Å². The van der Waals surface area contributed by atoms with Gasteiger partial charge in [0.2, 0.25) is 15.9 Å². The minimum Gasteiger partial charge on any atom is -0.295 e. The number of hydrogen-bond donors (Lipinski definition) is 0. The predicted octanol–water partition coefficient (Wildman–Crippen LogP) is 3.97. The molecule has 0 bridgehead atoms. The second kappa shape index (κ2) is 11.0. The molecular weight excluding hydrogens is 438 g/mol. The lowest BCUT2D eigenvalue weighted by molar-refractivity contribution is 0.0891. The van der Waals surface area contributed by atoms with Gasteiger partial charge in [-0.2, -0.15) is 0 Å². The van der Waals surface area contributed by atoms with E-state index in [1.807, 2.05) is 19.1 Å². The lowest BCUT2D eigenvalue weighted by atomic mass is 9.96. The molecule has 1 saturated carbocycles. The van der Waals surface area contributed by atoms with Crippen molar-refractivity contribution in [2.45, 2.75) is 69.7 Å². The topological polar surface area (TPSA) is 88.8 Å². The van der Waals surface area contributed by atoms with Crippen molar-refractivity contribution < 1.29 is 18.0 Å². The number of sulfonamides is 1. The van der Waals surface area contributed by atoms with Gasteiger partial charge in [0, 0.05) is 31.8 Å². The molecule has 8 heteroatoms. The zero-order chi connectivity index (χ0) is 24.0. The minimum absolute atomic E-state index is 0.0961. The summed E-state index contributed by atoms with van der Waals surface area (Å²) >= 11 is 0. The highest BCUT2D eigenvalue weighted by Crippen LogP contribution is 2.20. The first-order chi connectivity index (χ1) is 15.7. The summed E-state index contributed by atoms with van der Waals surface area (Å²) in [4.78, 5) is 29.3. The lowest BCUT2D eigenvalue weighted by Gasteiger charge is -2.18. The fraction of sp³-hybridized carbons (Fsp3) is 0.480. The van der Waals surface area contributed by atoms with Gasteiger partial charge < -0.3 is 0 Å². The summed E-state index contributed by atoms with van der Waals surface area (Å²) in [5.41, 5.74) is 2.19. The Morgan fingerprint density at radius 2 is 1.76 bits per heavy atom. The Hall–Kier alpha value is -2.58. The van der Waals surface area contributed by atoms with Crippen molar-refractivity contribution >= 4 is 21.7 Å². The maximum Gasteiger partial charge on any atom is 0.242 e. The number of nitrogens with zero attached hydrogens (tertiary/aromatic N) is 3. The largest absolute Gasteiger partial charge is 0.295 e. The molecule has 3 rings (SSSR count). The van der Waals surface area contributed by atoms with E-state index in [0.717, 1.165) is 18.4 Å². The zero-order valence-corrected chi connectivity index (χ0v) is 20.5. The molecule has 1 aliphatic carbocycles. The fourth-order valence-corrected chi connectivity index (χ4v) is 5.24. The summed E-state index contributed by atoms with van der Waals surface area (Å²) in [5, 5.41) is 0. The average Bonchev–Trinajstić information content (AvgIpc) is 2.79. The minimum atomic E-state index is -3.69. The number of ketones is 1. The van der Waals surface area contributed by atoms with Crippen LogP contribution in [0.15, 0.2) is 52.5 Å². The number of aromatic nitrogens is 1. The van der Waals surface area contributed by atoms with Gasteiger partial charge >= 0.3 is 0 Å². The Bertz CT molecular complexity index is 1160. The lowest BCUT2D eigenvalue weighted by Crippen LogP contribution is -2.31. The van der Waals surface area contributed by atoms with E-state index < -0.39 is 10.0 Å². The van der Waals surface area contributed by atoms with Crippen LogP contribution < -0.4 is 5.49 Å². The van der Waals surface area contributed by atoms with Crippen LogP contribution in [-0.2, 0) is 10.0 Å². The Morgan fingerprint density at radius 1 is 1.09 bits per heavy atom. The number of Topliss-reactive ketones (excluding diaryl/α,β-unsaturated/α-hetero) is 1. The van der Waals surface area contributed by atoms with E-state index in [1.54, 1.807) is 10.8 Å². The van der Waals surface area contributed by atoms with Crippen LogP contribution in [0.25, 0.3) is 0 Å². The standard InChI is InChI=1S/C25H33N3O4S/c1-19-15-17-28(24(18-19)26-22-8-5-4-6-9-22)25(30)10-7-16-27(3)33(31,32)23-13-11-21(12-14-23)20(2)29/h11-15,17-18,22H,4-10,16H2,1-3H3. The first-order valence-corrected chi connectivity index (χ1v) is 13.0. The van der Waals surface area contributed by atoms with Crippen LogP contribution in [0.5, 0.6) is 0 Å². The molecule has 1 aliphatic rings. The molecule has 1 aromatic carbocycles. The summed E-state index contributed by atoms with van der Waals surface area (Å²) in [6, 6.07) is 9.98. The number of pyridine rings is 1. The van der Waals surface area contributed by atoms with Gasteiger partial charge in [-0.3, -0.25) is 19.1 Å². The zero-order valence-electron chi connectivity index (χ0n) is 19.7. The van der Waals surface area contributed by atoms with Gasteiger partial charge in [0.1, 0.15) is 5.49 Å². The number of carbonyl (C=O) groups is 2. The second-order valence-electron chi connectivity index (χ2n) is 8.76. The summed E-state index contributed by atoms with van der Waals surface area (Å²) in [6.45, 7) is 3.63. The Balaban J connectivity index is 1.65. The Labute approximate surface area is 196 Å². The molecule has 1 fully saturated rings. The number of carbonyl (C=O) groups excluding carboxylic acids is 2. The SMILES string of the molecule is CC(=O)c1ccc(S(=O)(=O)N(C)CCCC(=O)n2ccc(C)cc2=NC2CCCCC2)cc1. The van der Waals surface area contributed by atoms with Crippen molar-refractivity contribution in [3.8, 4) is 0 Å². The third-order valence-electron chi connectivity index (χ3n) is 6.08. The third-order valence-corrected chi connectivity index (χ3v) is 7.95. The van der Waals surface area contributed by atoms with Gasteiger partial charge in [0.05, 0.1) is 10.9 Å². The van der Waals surface area contributed by atoms with Crippen molar-refractivity contribution in [2.75, 3.05) is 13.6 Å². The van der Waals surface area contributed by atoms with E-state index in [0.29, 0.717) is 17.5 Å². The smallest absolute Gasteiger partial charge is 0.242 e. The van der Waals surface area contributed by atoms with Crippen molar-refractivity contribution in [3.05, 3.63) is 59.2 Å². The average molecular weight is 472 g/mol. The van der Waals surface area contributed by atoms with Crippen LogP contribution in [0.1, 0.15) is 72.6 Å². The molecule has 0 radical (unpaired) electrons. The van der Waals surface area contributed by atoms with Crippen LogP contribution in [0.3, 0.4) is 0 Å². The van der Waals surface area contributed by atoms with Gasteiger partial charge in [-0.05, 0) is 62.9 Å². The molecule has 7 nitrogen and oxygen atoms in total. The highest BCUT2D eigenvalue weighted by Gasteiger charge is 2.21. The molecule has 1 heterocycles. The molecule has 178 valence electrons. The highest BCUT2D eigenvalue weighted by molar-refractivity contribution is 7.89. The molecule has 1 aromatic heterocycles. The second-order valence-corrected chi connectivity index (χ2v) is 10.8. The number of benzene rings is 1. The van der Waals surface area contributed by atoms with Gasteiger partial charge in [-0.25, -0.2) is 12.7 Å². The first kappa shape index (κ1) is 25.1. The predicted molar refractivity (Wildman–Crippen MR) is 128 cm³/mol. The number of aryl methyl sites for hydroxylation is 1. The maximum absolute atomic E-state index is 12.9. The summed E-state index contributed by atoms with van der Waals surface area (Å²) in [6.07, 6.45) is 8.06. The molecule has 0 N–H and O–H groups in total. The Morgan fingerprint density at radius 3 is 2.39 bits per heavy atom. The number of rotatable bonds is 8. The Kier molecular flexibility index (Phi) is 8.37. The molecule has 0 aliphatic heterocycles. The van der Waals surface area contributed by atoms with E-state index in [-0.39, 0.29) is 35.6 Å². The van der Waals surface area contributed by atoms with E-state index >= 15 is 0 Å². The molecule has 0 amide bonds. The van der Waals surface area contributed by atoms with Crippen LogP contribution in [0, 0.1) is 6.92 Å². The normalized spacial score (nSPS) is 15.7. The van der Waals surface area contributed by atoms with Crippen molar-refractivity contribution in [1.82, 2.24) is 8.87 Å². The summed E-state index contributed by atoms with van der Waals surface area (Å²) < 4.78 is 28.5. The summed E-state index contributed by atoms with van der Waals surface area (Å²) in [7, 11) is -2.19. The molecular formula is C25H33N3O4S. The van der Waals surface area contributed by atoms with Crippen LogP contribution in [0.4, 0.5) is 0 Å². The highest BCUT2D eigenvalue weighted by atomic mass is 32.2. The third kappa shape index (κ3) is 6.48. The van der Waals surface area contributed by atoms with Gasteiger partial charge in [-0.15, -0.1) is 0 Å². The van der Waals surface area contributed by atoms with Crippen molar-refractivity contribution in [1.29, 1.82) is 0 Å². The first-order valence-electron chi connectivity index (χ1n) is 11.5. The van der Waals surface area contributed by atoms with E-state index in [2.05, 4.69) is 0 Å². The number of hydrogen-bond acceptors (Lipinski definition) is 5. The molecule has 0 spiro atoms. The van der Waals surface area contributed by atoms with Crippen LogP contribution in [-0.4, -0.2) is 48.6 Å². The van der Waals surface area contributed by atoms with E-state index in [1.165, 1.54) is 61.8 Å². The molecule has 0 atom stereocenters. The summed E-state index contributed by atoms with van der Waals surface area (Å²) in [5.74, 6) is -0.213. The van der Waals surface area contributed by atoms with Crippen molar-refractivity contribution in [2.24, 2.45) is 4.99 Å². The van der Waals surface area contributed by atoms with E-state index in [4.69, 9.17) is 4.99 Å². The van der Waals surface area contributed by atoms with Gasteiger partial charge in [0.25, 0.3) is 0 Å².